The first-order valence-corrected chi connectivity index (χ1v) is 5.66. The van der Waals surface area contributed by atoms with Crippen molar-refractivity contribution in [2.24, 2.45) is 0 Å². The number of methoxy groups -OCH3 is 1. The van der Waals surface area contributed by atoms with E-state index in [2.05, 4.69) is 11.8 Å². The van der Waals surface area contributed by atoms with E-state index in [9.17, 15) is 9.90 Å². The van der Waals surface area contributed by atoms with Crippen molar-refractivity contribution in [3.05, 3.63) is 23.3 Å². The third-order valence-corrected chi connectivity index (χ3v) is 2.34. The Morgan fingerprint density at radius 2 is 2.00 bits per heavy atom. The van der Waals surface area contributed by atoms with Crippen LogP contribution in [0.1, 0.15) is 15.9 Å². The lowest BCUT2D eigenvalue weighted by molar-refractivity contribution is 0.0556. The highest BCUT2D eigenvalue weighted by Gasteiger charge is 2.17. The average molecular weight is 274 g/mol. The second kappa shape index (κ2) is 7.73. The van der Waals surface area contributed by atoms with Crippen LogP contribution in [0.15, 0.2) is 12.1 Å². The largest absolute Gasteiger partial charge is 0.493 e. The molecule has 1 rings (SSSR count). The molecule has 0 saturated heterocycles. The summed E-state index contributed by atoms with van der Waals surface area (Å²) < 4.78 is 15.2. The Balaban J connectivity index is 3.15. The van der Waals surface area contributed by atoms with Crippen LogP contribution < -0.4 is 9.47 Å². The van der Waals surface area contributed by atoms with Crippen molar-refractivity contribution in [3.63, 3.8) is 0 Å². The molecule has 0 aromatic heterocycles. The molecule has 0 atom stereocenters. The summed E-state index contributed by atoms with van der Waals surface area (Å²) in [5.41, 5.74) is 0.571. The molecule has 0 fully saturated rings. The molecule has 104 valence electrons. The minimum absolute atomic E-state index is 0.0181. The molecule has 0 amide bonds. The predicted molar refractivity (Wildman–Crippen MR) is 72.4 cm³/mol. The molecule has 0 unspecified atom stereocenters. The van der Waals surface area contributed by atoms with Crippen LogP contribution in [0, 0.1) is 24.7 Å². The molecule has 5 nitrogen and oxygen atoms in total. The standard InChI is InChI=1S/C15H14O5/c1-4-6-19-14-12(10-16)8-11(9-13(14)18-3)15(17)20-7-5-2/h1-2,8-9,16H,6-7,10H2,3H3. The molecule has 0 heterocycles. The number of esters is 1. The normalized spacial score (nSPS) is 9.20. The van der Waals surface area contributed by atoms with E-state index in [-0.39, 0.29) is 31.1 Å². The summed E-state index contributed by atoms with van der Waals surface area (Å²) in [5, 5.41) is 9.35. The summed E-state index contributed by atoms with van der Waals surface area (Å²) in [6.45, 7) is -0.457. The van der Waals surface area contributed by atoms with Crippen molar-refractivity contribution >= 4 is 5.97 Å². The van der Waals surface area contributed by atoms with Gasteiger partial charge in [-0.25, -0.2) is 4.79 Å². The van der Waals surface area contributed by atoms with Crippen LogP contribution in [0.25, 0.3) is 0 Å². The topological polar surface area (TPSA) is 65.0 Å². The van der Waals surface area contributed by atoms with Crippen molar-refractivity contribution in [2.75, 3.05) is 20.3 Å². The zero-order valence-electron chi connectivity index (χ0n) is 11.0. The Labute approximate surface area is 117 Å². The third kappa shape index (κ3) is 3.68. The van der Waals surface area contributed by atoms with Gasteiger partial charge < -0.3 is 19.3 Å². The SMILES string of the molecule is C#CCOC(=O)c1cc(CO)c(OCC#C)c(OC)c1. The lowest BCUT2D eigenvalue weighted by Gasteiger charge is -2.14. The van der Waals surface area contributed by atoms with Gasteiger partial charge in [0.2, 0.25) is 0 Å². The van der Waals surface area contributed by atoms with Gasteiger partial charge >= 0.3 is 5.97 Å². The average Bonchev–Trinajstić information content (AvgIpc) is 2.49. The summed E-state index contributed by atoms with van der Waals surface area (Å²) in [4.78, 5) is 11.7. The van der Waals surface area contributed by atoms with E-state index in [1.807, 2.05) is 0 Å². The van der Waals surface area contributed by atoms with Gasteiger partial charge in [-0.15, -0.1) is 12.8 Å². The molecule has 1 aromatic rings. The maximum Gasteiger partial charge on any atom is 0.339 e. The molecule has 0 saturated carbocycles. The summed E-state index contributed by atoms with van der Waals surface area (Å²) >= 11 is 0. The van der Waals surface area contributed by atoms with Gasteiger partial charge in [-0.1, -0.05) is 11.8 Å². The Morgan fingerprint density at radius 1 is 1.30 bits per heavy atom. The fraction of sp³-hybridized carbons (Fsp3) is 0.267. The molecule has 0 bridgehead atoms. The van der Waals surface area contributed by atoms with E-state index in [1.54, 1.807) is 0 Å². The molecule has 0 spiro atoms. The van der Waals surface area contributed by atoms with E-state index in [4.69, 9.17) is 27.1 Å². The number of rotatable bonds is 6. The van der Waals surface area contributed by atoms with E-state index in [0.717, 1.165) is 0 Å². The van der Waals surface area contributed by atoms with Crippen LogP contribution in [0.4, 0.5) is 0 Å². The first-order valence-electron chi connectivity index (χ1n) is 5.66. The quantitative estimate of drug-likeness (QED) is 0.619. The van der Waals surface area contributed by atoms with Gasteiger partial charge in [0.1, 0.15) is 6.61 Å². The minimum atomic E-state index is -0.612. The highest BCUT2D eigenvalue weighted by atomic mass is 16.5. The number of aliphatic hydroxyl groups excluding tert-OH is 1. The Hall–Kier alpha value is -2.63. The number of carbonyl (C=O) groups is 1. The van der Waals surface area contributed by atoms with Crippen LogP contribution in [0.2, 0.25) is 0 Å². The van der Waals surface area contributed by atoms with Crippen molar-refractivity contribution in [1.82, 2.24) is 0 Å². The number of carbonyl (C=O) groups excluding carboxylic acids is 1. The summed E-state index contributed by atoms with van der Waals surface area (Å²) in [6, 6.07) is 2.87. The highest BCUT2D eigenvalue weighted by molar-refractivity contribution is 5.90. The van der Waals surface area contributed by atoms with Gasteiger partial charge in [0.15, 0.2) is 18.1 Å². The predicted octanol–water partition coefficient (Wildman–Crippen LogP) is 0.990. The van der Waals surface area contributed by atoms with E-state index in [0.29, 0.717) is 11.3 Å². The Morgan fingerprint density at radius 3 is 2.55 bits per heavy atom. The number of terminal acetylenes is 2. The van der Waals surface area contributed by atoms with Crippen molar-refractivity contribution in [1.29, 1.82) is 0 Å². The second-order valence-corrected chi connectivity index (χ2v) is 3.60. The molecule has 0 aliphatic rings. The molecular weight excluding hydrogens is 260 g/mol. The van der Waals surface area contributed by atoms with Crippen LogP contribution in [0.3, 0.4) is 0 Å². The number of hydrogen-bond acceptors (Lipinski definition) is 5. The molecule has 0 aliphatic heterocycles. The first-order chi connectivity index (χ1) is 9.67. The Bertz CT molecular complexity index is 538. The van der Waals surface area contributed by atoms with Gasteiger partial charge in [0, 0.05) is 5.56 Å². The van der Waals surface area contributed by atoms with Gasteiger partial charge in [-0.2, -0.15) is 0 Å². The maximum atomic E-state index is 11.7. The molecule has 1 N–H and O–H groups in total. The van der Waals surface area contributed by atoms with Gasteiger partial charge in [0.05, 0.1) is 19.3 Å². The van der Waals surface area contributed by atoms with Crippen molar-refractivity contribution < 1.29 is 24.1 Å². The molecule has 0 aliphatic carbocycles. The summed E-state index contributed by atoms with van der Waals surface area (Å²) in [7, 11) is 1.41. The third-order valence-electron chi connectivity index (χ3n) is 2.34. The van der Waals surface area contributed by atoms with Crippen molar-refractivity contribution in [2.45, 2.75) is 6.61 Å². The van der Waals surface area contributed by atoms with Gasteiger partial charge in [0.25, 0.3) is 0 Å². The van der Waals surface area contributed by atoms with Crippen LogP contribution >= 0.6 is 0 Å². The number of hydrogen-bond donors (Lipinski definition) is 1. The van der Waals surface area contributed by atoms with Crippen LogP contribution in [-0.2, 0) is 11.3 Å². The molecule has 1 aromatic carbocycles. The van der Waals surface area contributed by atoms with E-state index >= 15 is 0 Å². The molecule has 20 heavy (non-hydrogen) atoms. The maximum absolute atomic E-state index is 11.7. The monoisotopic (exact) mass is 274 g/mol. The van der Waals surface area contributed by atoms with Crippen LogP contribution in [-0.4, -0.2) is 31.4 Å². The van der Waals surface area contributed by atoms with Gasteiger partial charge in [-0.3, -0.25) is 0 Å². The van der Waals surface area contributed by atoms with E-state index < -0.39 is 5.97 Å². The summed E-state index contributed by atoms with van der Waals surface area (Å²) in [5.74, 6) is 4.46. The minimum Gasteiger partial charge on any atom is -0.493 e. The lowest BCUT2D eigenvalue weighted by Crippen LogP contribution is -2.08. The molecule has 5 heteroatoms. The Kier molecular flexibility index (Phi) is 5.96. The number of benzene rings is 1. The van der Waals surface area contributed by atoms with Crippen LogP contribution in [0.5, 0.6) is 11.5 Å². The molecule has 0 radical (unpaired) electrons. The van der Waals surface area contributed by atoms with E-state index in [1.165, 1.54) is 19.2 Å². The second-order valence-electron chi connectivity index (χ2n) is 3.60. The lowest BCUT2D eigenvalue weighted by atomic mass is 10.1. The smallest absolute Gasteiger partial charge is 0.339 e. The fourth-order valence-corrected chi connectivity index (χ4v) is 1.52. The number of aliphatic hydroxyl groups is 1. The zero-order chi connectivity index (χ0) is 15.0. The number of ether oxygens (including phenoxy) is 3. The fourth-order valence-electron chi connectivity index (χ4n) is 1.52. The zero-order valence-corrected chi connectivity index (χ0v) is 11.0. The highest BCUT2D eigenvalue weighted by Crippen LogP contribution is 2.33. The molecular formula is C15H14O5. The first kappa shape index (κ1) is 15.4. The van der Waals surface area contributed by atoms with Crippen molar-refractivity contribution in [3.8, 4) is 36.2 Å². The van der Waals surface area contributed by atoms with Gasteiger partial charge in [-0.05, 0) is 12.1 Å². The summed E-state index contributed by atoms with van der Waals surface area (Å²) in [6.07, 6.45) is 10.1.